The molecule has 0 saturated carbocycles. The highest BCUT2D eigenvalue weighted by atomic mass is 32.3. The molecule has 0 fully saturated rings. The number of hydrogen-bond donors (Lipinski definition) is 0. The van der Waals surface area contributed by atoms with Gasteiger partial charge in [0.1, 0.15) is 0 Å². The third kappa shape index (κ3) is 5.64. The van der Waals surface area contributed by atoms with Crippen LogP contribution >= 0.6 is 94.1 Å². The Morgan fingerprint density at radius 3 is 0.955 bits per heavy atom. The summed E-state index contributed by atoms with van der Waals surface area (Å²) >= 11 is 16.6. The maximum Gasteiger partial charge on any atom is 0.0825 e. The van der Waals surface area contributed by atoms with E-state index in [-0.39, 0.29) is 0 Å². The minimum atomic E-state index is 0.667. The highest BCUT2D eigenvalue weighted by Crippen LogP contribution is 2.64. The molecule has 0 aromatic heterocycles. The Labute approximate surface area is 169 Å². The fraction of sp³-hybridized carbons (Fsp3) is 0.714. The molecule has 2 aliphatic rings. The molecular formula is C14H22S8. The second-order valence-corrected chi connectivity index (χ2v) is 15.4. The Morgan fingerprint density at radius 1 is 0.545 bits per heavy atom. The first kappa shape index (κ1) is 20.6. The Hall–Kier alpha value is 2.28. The lowest BCUT2D eigenvalue weighted by atomic mass is 10.9. The fourth-order valence-electron chi connectivity index (χ4n) is 1.78. The average Bonchev–Trinajstić information content (AvgIpc) is 3.06. The first-order valence-corrected chi connectivity index (χ1v) is 14.9. The lowest BCUT2D eigenvalue weighted by Gasteiger charge is -2.16. The third-order valence-corrected chi connectivity index (χ3v) is 14.7. The van der Waals surface area contributed by atoms with E-state index in [0.29, 0.717) is 9.16 Å². The van der Waals surface area contributed by atoms with Gasteiger partial charge in [-0.25, -0.2) is 0 Å². The van der Waals surface area contributed by atoms with E-state index >= 15 is 0 Å². The van der Waals surface area contributed by atoms with Crippen molar-refractivity contribution < 1.29 is 0 Å². The average molecular weight is 447 g/mol. The van der Waals surface area contributed by atoms with Gasteiger partial charge >= 0.3 is 0 Å². The van der Waals surface area contributed by atoms with Crippen molar-refractivity contribution in [2.45, 2.75) is 36.9 Å². The van der Waals surface area contributed by atoms with Gasteiger partial charge in [-0.1, -0.05) is 27.7 Å². The molecule has 8 heteroatoms. The maximum absolute atomic E-state index is 2.26. The van der Waals surface area contributed by atoms with Crippen molar-refractivity contribution in [3.63, 3.8) is 0 Å². The van der Waals surface area contributed by atoms with E-state index in [1.165, 1.54) is 23.0 Å². The van der Waals surface area contributed by atoms with E-state index in [4.69, 9.17) is 0 Å². The monoisotopic (exact) mass is 446 g/mol. The second kappa shape index (κ2) is 11.1. The zero-order chi connectivity index (χ0) is 15.9. The van der Waals surface area contributed by atoms with Gasteiger partial charge in [-0.15, -0.1) is 94.1 Å². The van der Waals surface area contributed by atoms with Crippen molar-refractivity contribution in [3.8, 4) is 0 Å². The molecule has 0 amide bonds. The number of hydrogen-bond acceptors (Lipinski definition) is 8. The van der Waals surface area contributed by atoms with Crippen LogP contribution in [-0.2, 0) is 0 Å². The molecule has 0 N–H and O–H groups in total. The minimum Gasteiger partial charge on any atom is -0.118 e. The summed E-state index contributed by atoms with van der Waals surface area (Å²) in [5.41, 5.74) is 0. The van der Waals surface area contributed by atoms with Crippen LogP contribution < -0.4 is 0 Å². The largest absolute Gasteiger partial charge is 0.118 e. The molecule has 126 valence electrons. The molecular weight excluding hydrogens is 425 g/mol. The van der Waals surface area contributed by atoms with Crippen molar-refractivity contribution in [3.05, 3.63) is 16.9 Å². The lowest BCUT2D eigenvalue weighted by Crippen LogP contribution is -2.07. The fourth-order valence-corrected chi connectivity index (χ4v) is 14.9. The van der Waals surface area contributed by atoms with Gasteiger partial charge in [0.15, 0.2) is 0 Å². The summed E-state index contributed by atoms with van der Waals surface area (Å²) in [4.78, 5) is 0. The molecule has 0 spiro atoms. The normalized spacial score (nSPS) is 20.7. The smallest absolute Gasteiger partial charge is 0.0825 e. The first-order chi connectivity index (χ1) is 10.7. The van der Waals surface area contributed by atoms with Crippen molar-refractivity contribution in [2.24, 2.45) is 0 Å². The van der Waals surface area contributed by atoms with E-state index in [2.05, 4.69) is 74.7 Å². The zero-order valence-corrected chi connectivity index (χ0v) is 19.8. The van der Waals surface area contributed by atoms with Gasteiger partial charge in [-0.2, -0.15) is 0 Å². The highest BCUT2D eigenvalue weighted by molar-refractivity contribution is 8.41. The van der Waals surface area contributed by atoms with Crippen LogP contribution in [0.15, 0.2) is 16.9 Å². The summed E-state index contributed by atoms with van der Waals surface area (Å²) < 4.78 is 7.64. The summed E-state index contributed by atoms with van der Waals surface area (Å²) in [6.07, 6.45) is 0. The van der Waals surface area contributed by atoms with Gasteiger partial charge in [0.25, 0.3) is 0 Å². The Morgan fingerprint density at radius 2 is 0.773 bits per heavy atom. The summed E-state index contributed by atoms with van der Waals surface area (Å²) in [7, 11) is 0. The molecule has 0 aromatic rings. The van der Waals surface area contributed by atoms with E-state index in [1.807, 2.05) is 47.0 Å². The van der Waals surface area contributed by atoms with Crippen molar-refractivity contribution >= 4 is 94.1 Å². The van der Waals surface area contributed by atoms with Gasteiger partial charge < -0.3 is 0 Å². The molecule has 0 unspecified atom stereocenters. The van der Waals surface area contributed by atoms with Crippen LogP contribution in [0.4, 0.5) is 0 Å². The van der Waals surface area contributed by atoms with Gasteiger partial charge in [-0.05, 0) is 23.0 Å². The van der Waals surface area contributed by atoms with Gasteiger partial charge in [0.05, 0.1) is 26.1 Å². The molecule has 0 saturated heterocycles. The Kier molecular flexibility index (Phi) is 10.4. The van der Waals surface area contributed by atoms with Crippen molar-refractivity contribution in [2.75, 3.05) is 23.0 Å². The molecule has 0 nitrogen and oxygen atoms in total. The molecule has 22 heavy (non-hydrogen) atoms. The first-order valence-electron chi connectivity index (χ1n) is 7.39. The summed E-state index contributed by atoms with van der Waals surface area (Å²) in [6, 6.07) is 0. The standard InChI is InChI=1S/C14H22S8/c1-5-15-9-10(16-6-2)20-13(19-9)14-21-11(17-7-3)12(22-14)18-8-4/h13-14H,5-8H2,1-4H3. The summed E-state index contributed by atoms with van der Waals surface area (Å²) in [5.74, 6) is 4.72. The summed E-state index contributed by atoms with van der Waals surface area (Å²) in [5, 5.41) is 0. The van der Waals surface area contributed by atoms with Crippen molar-refractivity contribution in [1.82, 2.24) is 0 Å². The topological polar surface area (TPSA) is 0 Å². The molecule has 2 rings (SSSR count). The number of rotatable bonds is 9. The summed E-state index contributed by atoms with van der Waals surface area (Å²) in [6.45, 7) is 9.04. The zero-order valence-electron chi connectivity index (χ0n) is 13.2. The molecule has 0 aromatic carbocycles. The maximum atomic E-state index is 2.26. The number of thioether (sulfide) groups is 8. The Bertz CT molecular complexity index is 355. The molecule has 0 radical (unpaired) electrons. The van der Waals surface area contributed by atoms with E-state index in [9.17, 15) is 0 Å². The van der Waals surface area contributed by atoms with Crippen LogP contribution in [0.25, 0.3) is 0 Å². The van der Waals surface area contributed by atoms with Crippen molar-refractivity contribution in [1.29, 1.82) is 0 Å². The predicted molar refractivity (Wildman–Crippen MR) is 125 cm³/mol. The predicted octanol–water partition coefficient (Wildman–Crippen LogP) is 7.86. The molecule has 2 heterocycles. The molecule has 2 aliphatic heterocycles. The van der Waals surface area contributed by atoms with Gasteiger partial charge in [-0.3, -0.25) is 0 Å². The molecule has 0 bridgehead atoms. The van der Waals surface area contributed by atoms with Gasteiger partial charge in [0, 0.05) is 0 Å². The highest BCUT2D eigenvalue weighted by Gasteiger charge is 2.38. The molecule has 0 atom stereocenters. The quantitative estimate of drug-likeness (QED) is 0.346. The van der Waals surface area contributed by atoms with Gasteiger partial charge in [0.2, 0.25) is 0 Å². The Balaban J connectivity index is 1.98. The minimum absolute atomic E-state index is 0.667. The SMILES string of the molecule is CCSC1=C(SCC)SC(C2SC(SCC)=C(SCC)S2)S1. The molecule has 0 aliphatic carbocycles. The van der Waals surface area contributed by atoms with E-state index in [0.717, 1.165) is 0 Å². The van der Waals surface area contributed by atoms with Crippen LogP contribution in [0.5, 0.6) is 0 Å². The van der Waals surface area contributed by atoms with Crippen LogP contribution in [0.1, 0.15) is 27.7 Å². The van der Waals surface area contributed by atoms with E-state index < -0.39 is 0 Å². The van der Waals surface area contributed by atoms with E-state index in [1.54, 1.807) is 16.9 Å². The van der Waals surface area contributed by atoms with Crippen LogP contribution in [0, 0.1) is 0 Å². The second-order valence-electron chi connectivity index (χ2n) is 4.09. The van der Waals surface area contributed by atoms with Crippen LogP contribution in [0.2, 0.25) is 0 Å². The lowest BCUT2D eigenvalue weighted by molar-refractivity contribution is 1.39. The van der Waals surface area contributed by atoms with Crippen LogP contribution in [0.3, 0.4) is 0 Å². The van der Waals surface area contributed by atoms with Crippen LogP contribution in [-0.4, -0.2) is 32.2 Å². The third-order valence-electron chi connectivity index (χ3n) is 2.55.